The first-order valence-corrected chi connectivity index (χ1v) is 14.1. The topological polar surface area (TPSA) is 78.3 Å². The lowest BCUT2D eigenvalue weighted by Crippen LogP contribution is -2.29. The monoisotopic (exact) mass is 560 g/mol. The largest absolute Gasteiger partial charge is 0.489 e. The Balaban J connectivity index is 1.62. The molecule has 2 aromatic carbocycles. The second-order valence-electron chi connectivity index (χ2n) is 8.62. The van der Waals surface area contributed by atoms with Gasteiger partial charge in [0.1, 0.15) is 18.4 Å². The Morgan fingerprint density at radius 1 is 1.11 bits per heavy atom. The van der Waals surface area contributed by atoms with Gasteiger partial charge in [0, 0.05) is 27.1 Å². The number of unbranched alkanes of at least 4 members (excludes halogenated alkanes) is 1. The van der Waals surface area contributed by atoms with Gasteiger partial charge in [-0.2, -0.15) is 4.98 Å². The van der Waals surface area contributed by atoms with Gasteiger partial charge in [-0.25, -0.2) is 9.48 Å². The van der Waals surface area contributed by atoms with Gasteiger partial charge in [-0.1, -0.05) is 73.4 Å². The van der Waals surface area contributed by atoms with E-state index in [1.165, 1.54) is 0 Å². The minimum Gasteiger partial charge on any atom is -0.489 e. The van der Waals surface area contributed by atoms with Crippen LogP contribution in [0.1, 0.15) is 57.2 Å². The fourth-order valence-corrected chi connectivity index (χ4v) is 5.11. The number of ether oxygens (including phenoxy) is 2. The van der Waals surface area contributed by atoms with Gasteiger partial charge in [0.25, 0.3) is 0 Å². The highest BCUT2D eigenvalue weighted by Gasteiger charge is 2.35. The molecule has 1 atom stereocenters. The van der Waals surface area contributed by atoms with Crippen molar-refractivity contribution in [2.75, 3.05) is 17.7 Å². The zero-order valence-corrected chi connectivity index (χ0v) is 23.4. The predicted octanol–water partition coefficient (Wildman–Crippen LogP) is 7.30. The van der Waals surface area contributed by atoms with E-state index in [9.17, 15) is 4.79 Å². The summed E-state index contributed by atoms with van der Waals surface area (Å²) < 4.78 is 13.3. The number of rotatable bonds is 11. The van der Waals surface area contributed by atoms with Gasteiger partial charge < -0.3 is 14.8 Å². The molecular formula is C27H30Cl2N4O3S. The van der Waals surface area contributed by atoms with Crippen LogP contribution in [0, 0.1) is 0 Å². The Morgan fingerprint density at radius 2 is 1.84 bits per heavy atom. The molecule has 1 aromatic heterocycles. The first-order valence-electron chi connectivity index (χ1n) is 12.3. The second-order valence-corrected chi connectivity index (χ2v) is 10.5. The number of allylic oxidation sites excluding steroid dienone is 1. The fraction of sp³-hybridized carbons (Fsp3) is 0.370. The fourth-order valence-electron chi connectivity index (χ4n) is 3.92. The maximum Gasteiger partial charge on any atom is 0.338 e. The van der Waals surface area contributed by atoms with Crippen LogP contribution in [0.2, 0.25) is 10.0 Å². The zero-order chi connectivity index (χ0) is 26.4. The summed E-state index contributed by atoms with van der Waals surface area (Å²) in [5.74, 6) is 1.80. The molecule has 2 heterocycles. The van der Waals surface area contributed by atoms with E-state index < -0.39 is 6.04 Å². The van der Waals surface area contributed by atoms with E-state index in [4.69, 9.17) is 37.8 Å². The van der Waals surface area contributed by atoms with Crippen LogP contribution in [0.3, 0.4) is 0 Å². The third-order valence-electron chi connectivity index (χ3n) is 5.86. The average Bonchev–Trinajstić information content (AvgIpc) is 3.29. The SMILES string of the molecule is CCCCOC(=O)C1=C(C)Nc2nc(SCCC)nn2C1c1ccc(OCc2c(Cl)cccc2Cl)cc1. The summed E-state index contributed by atoms with van der Waals surface area (Å²) in [5.41, 5.74) is 2.81. The van der Waals surface area contributed by atoms with E-state index in [-0.39, 0.29) is 12.6 Å². The molecule has 10 heteroatoms. The van der Waals surface area contributed by atoms with Crippen LogP contribution in [0.4, 0.5) is 5.95 Å². The summed E-state index contributed by atoms with van der Waals surface area (Å²) in [7, 11) is 0. The quantitative estimate of drug-likeness (QED) is 0.150. The first-order chi connectivity index (χ1) is 17.9. The van der Waals surface area contributed by atoms with Crippen LogP contribution in [0.25, 0.3) is 0 Å². The number of esters is 1. The number of hydrogen-bond acceptors (Lipinski definition) is 7. The molecule has 1 aliphatic heterocycles. The average molecular weight is 562 g/mol. The van der Waals surface area contributed by atoms with Crippen molar-refractivity contribution in [1.29, 1.82) is 0 Å². The molecule has 0 saturated heterocycles. The van der Waals surface area contributed by atoms with Gasteiger partial charge in [-0.3, -0.25) is 0 Å². The number of carbonyl (C=O) groups excluding carboxylic acids is 1. The van der Waals surface area contributed by atoms with Crippen molar-refractivity contribution in [3.8, 4) is 5.75 Å². The molecule has 1 aliphatic rings. The predicted molar refractivity (Wildman–Crippen MR) is 149 cm³/mol. The summed E-state index contributed by atoms with van der Waals surface area (Å²) in [5, 5.41) is 9.75. The highest BCUT2D eigenvalue weighted by atomic mass is 35.5. The first kappa shape index (κ1) is 27.4. The van der Waals surface area contributed by atoms with Gasteiger partial charge >= 0.3 is 5.97 Å². The third kappa shape index (κ3) is 6.43. The summed E-state index contributed by atoms with van der Waals surface area (Å²) in [6.45, 7) is 6.65. The van der Waals surface area contributed by atoms with Gasteiger partial charge in [0.2, 0.25) is 11.1 Å². The number of fused-ring (bicyclic) bond motifs is 1. The standard InChI is InChI=1S/C27H30Cl2N4O3S/c1-4-6-14-35-25(34)23-17(3)30-26-31-27(37-15-5-2)32-33(26)24(23)18-10-12-19(13-11-18)36-16-20-21(28)8-7-9-22(20)29/h7-13,24H,4-6,14-16H2,1-3H3,(H,30,31,32). The third-order valence-corrected chi connectivity index (χ3v) is 7.61. The summed E-state index contributed by atoms with van der Waals surface area (Å²) in [6, 6.07) is 12.5. The number of benzene rings is 2. The Kier molecular flexibility index (Phi) is 9.40. The minimum atomic E-state index is -0.485. The zero-order valence-electron chi connectivity index (χ0n) is 21.1. The number of aromatic nitrogens is 3. The van der Waals surface area contributed by atoms with E-state index in [2.05, 4.69) is 24.1 Å². The van der Waals surface area contributed by atoms with Crippen LogP contribution in [0.5, 0.6) is 5.75 Å². The summed E-state index contributed by atoms with van der Waals surface area (Å²) >= 11 is 14.1. The molecule has 0 fully saturated rings. The van der Waals surface area contributed by atoms with Crippen molar-refractivity contribution in [2.45, 2.75) is 57.8 Å². The van der Waals surface area contributed by atoms with Crippen molar-refractivity contribution in [3.05, 3.63) is 74.9 Å². The molecule has 196 valence electrons. The van der Waals surface area contributed by atoms with E-state index in [1.54, 1.807) is 34.6 Å². The van der Waals surface area contributed by atoms with Crippen molar-refractivity contribution < 1.29 is 14.3 Å². The lowest BCUT2D eigenvalue weighted by Gasteiger charge is -2.28. The van der Waals surface area contributed by atoms with Crippen LogP contribution in [0.15, 0.2) is 58.9 Å². The molecule has 0 aliphatic carbocycles. The number of carbonyl (C=O) groups is 1. The molecule has 7 nitrogen and oxygen atoms in total. The number of thioether (sulfide) groups is 1. The Bertz CT molecular complexity index is 1260. The van der Waals surface area contributed by atoms with Gasteiger partial charge in [-0.15, -0.1) is 5.10 Å². The molecule has 1 N–H and O–H groups in total. The molecule has 37 heavy (non-hydrogen) atoms. The number of halogens is 2. The normalized spacial score (nSPS) is 14.8. The molecule has 3 aromatic rings. The van der Waals surface area contributed by atoms with E-state index in [0.29, 0.717) is 44.8 Å². The number of hydrogen-bond donors (Lipinski definition) is 1. The van der Waals surface area contributed by atoms with Crippen LogP contribution < -0.4 is 10.1 Å². The Morgan fingerprint density at radius 3 is 2.51 bits per heavy atom. The number of nitrogens with zero attached hydrogens (tertiary/aromatic N) is 3. The van der Waals surface area contributed by atoms with Gasteiger partial charge in [0.15, 0.2) is 0 Å². The minimum absolute atomic E-state index is 0.241. The van der Waals surface area contributed by atoms with Crippen molar-refractivity contribution in [3.63, 3.8) is 0 Å². The maximum absolute atomic E-state index is 13.2. The lowest BCUT2D eigenvalue weighted by atomic mass is 9.96. The number of nitrogens with one attached hydrogen (secondary N) is 1. The lowest BCUT2D eigenvalue weighted by molar-refractivity contribution is -0.139. The maximum atomic E-state index is 13.2. The molecule has 0 saturated carbocycles. The molecule has 0 amide bonds. The van der Waals surface area contributed by atoms with Crippen LogP contribution in [-0.2, 0) is 16.1 Å². The van der Waals surface area contributed by atoms with Gasteiger partial charge in [-0.05, 0) is 49.6 Å². The van der Waals surface area contributed by atoms with E-state index in [0.717, 1.165) is 36.1 Å². The highest BCUT2D eigenvalue weighted by molar-refractivity contribution is 7.99. The van der Waals surface area contributed by atoms with E-state index in [1.807, 2.05) is 31.2 Å². The smallest absolute Gasteiger partial charge is 0.338 e. The second kappa shape index (κ2) is 12.7. The van der Waals surface area contributed by atoms with Crippen molar-refractivity contribution in [1.82, 2.24) is 14.8 Å². The highest BCUT2D eigenvalue weighted by Crippen LogP contribution is 2.37. The Hall–Kier alpha value is -2.68. The van der Waals surface area contributed by atoms with Gasteiger partial charge in [0.05, 0.1) is 12.2 Å². The molecular weight excluding hydrogens is 531 g/mol. The summed E-state index contributed by atoms with van der Waals surface area (Å²) in [4.78, 5) is 17.9. The Labute approximate surface area is 231 Å². The van der Waals surface area contributed by atoms with Crippen molar-refractivity contribution >= 4 is 46.9 Å². The molecule has 0 spiro atoms. The molecule has 0 radical (unpaired) electrons. The van der Waals surface area contributed by atoms with E-state index >= 15 is 0 Å². The molecule has 1 unspecified atom stereocenters. The summed E-state index contributed by atoms with van der Waals surface area (Å²) in [6.07, 6.45) is 2.77. The van der Waals surface area contributed by atoms with Crippen molar-refractivity contribution in [2.24, 2.45) is 0 Å². The molecule has 0 bridgehead atoms. The van der Waals surface area contributed by atoms with Crippen LogP contribution in [-0.4, -0.2) is 33.1 Å². The van der Waals surface area contributed by atoms with Crippen LogP contribution >= 0.6 is 35.0 Å². The number of anilines is 1. The molecule has 4 rings (SSSR count).